The first kappa shape index (κ1) is 23.3. The minimum atomic E-state index is -0.222. The van der Waals surface area contributed by atoms with Gasteiger partial charge in [-0.3, -0.25) is 15.2 Å². The van der Waals surface area contributed by atoms with Gasteiger partial charge >= 0.3 is 0 Å². The highest BCUT2D eigenvalue weighted by atomic mass is 35.5. The number of benzene rings is 2. The number of anilines is 1. The number of carbonyl (C=O) groups is 1. The van der Waals surface area contributed by atoms with Gasteiger partial charge in [-0.25, -0.2) is 5.01 Å². The number of nitrogens with one attached hydrogen (secondary N) is 1. The van der Waals surface area contributed by atoms with E-state index in [1.54, 1.807) is 24.3 Å². The molecule has 0 aromatic heterocycles. The Morgan fingerprint density at radius 1 is 1.16 bits per heavy atom. The average Bonchev–Trinajstić information content (AvgIpc) is 3.33. The van der Waals surface area contributed by atoms with Crippen LogP contribution < -0.4 is 10.4 Å². The maximum Gasteiger partial charge on any atom is 0.282 e. The van der Waals surface area contributed by atoms with Crippen LogP contribution in [0.25, 0.3) is 0 Å². The van der Waals surface area contributed by atoms with E-state index in [-0.39, 0.29) is 23.9 Å². The highest BCUT2D eigenvalue weighted by Crippen LogP contribution is 2.42. The smallest absolute Gasteiger partial charge is 0.282 e. The summed E-state index contributed by atoms with van der Waals surface area (Å²) in [5, 5.41) is 10.1. The van der Waals surface area contributed by atoms with Crippen molar-refractivity contribution in [1.29, 1.82) is 0 Å². The molecule has 2 aromatic carbocycles. The summed E-state index contributed by atoms with van der Waals surface area (Å²) < 4.78 is 5.30. The van der Waals surface area contributed by atoms with Crippen molar-refractivity contribution < 1.29 is 9.53 Å². The molecule has 9 heteroatoms. The first-order chi connectivity index (χ1) is 15.4. The van der Waals surface area contributed by atoms with Crippen LogP contribution in [0.2, 0.25) is 15.1 Å². The predicted octanol–water partition coefficient (Wildman–Crippen LogP) is 5.34. The summed E-state index contributed by atoms with van der Waals surface area (Å²) in [7, 11) is 1.67. The summed E-state index contributed by atoms with van der Waals surface area (Å²) in [4.78, 5) is 13.3. The molecule has 1 saturated heterocycles. The summed E-state index contributed by atoms with van der Waals surface area (Å²) in [6.45, 7) is 3.36. The molecule has 170 valence electrons. The van der Waals surface area contributed by atoms with E-state index in [2.05, 4.69) is 5.43 Å². The summed E-state index contributed by atoms with van der Waals surface area (Å²) in [6.07, 6.45) is 1.99. The monoisotopic (exact) mass is 494 g/mol. The van der Waals surface area contributed by atoms with Crippen LogP contribution in [0.3, 0.4) is 0 Å². The third-order valence-electron chi connectivity index (χ3n) is 5.97. The summed E-state index contributed by atoms with van der Waals surface area (Å²) >= 11 is 18.7. The summed E-state index contributed by atoms with van der Waals surface area (Å²) in [5.41, 5.74) is 5.16. The molecule has 1 fully saturated rings. The number of hydrazone groups is 1. The maximum absolute atomic E-state index is 13.3. The van der Waals surface area contributed by atoms with Gasteiger partial charge in [0.25, 0.3) is 5.91 Å². The van der Waals surface area contributed by atoms with Crippen LogP contribution in [-0.2, 0) is 9.53 Å². The topological polar surface area (TPSA) is 57.2 Å². The molecule has 6 nitrogen and oxygen atoms in total. The van der Waals surface area contributed by atoms with Crippen LogP contribution in [0.1, 0.15) is 31.4 Å². The molecule has 4 rings (SSSR count). The standard InChI is InChI=1S/C23H25Cl3N4O2/c1-14-21(23(31)28-29-11-3-4-18(29)13-32-2)27-30(20-10-9-17(25)12-19(20)26)22(14)15-5-7-16(24)8-6-15/h5-10,12,14,18,22H,3-4,11,13H2,1-2H3,(H,28,31)/t14-,18?,22+/m1/s1. The molecule has 32 heavy (non-hydrogen) atoms. The first-order valence-corrected chi connectivity index (χ1v) is 11.7. The fourth-order valence-corrected chi connectivity index (χ4v) is 5.00. The lowest BCUT2D eigenvalue weighted by atomic mass is 9.91. The molecule has 0 aliphatic carbocycles. The van der Waals surface area contributed by atoms with Crippen LogP contribution in [0, 0.1) is 5.92 Å². The fourth-order valence-electron chi connectivity index (χ4n) is 4.38. The lowest BCUT2D eigenvalue weighted by Gasteiger charge is -2.28. The number of amides is 1. The zero-order chi connectivity index (χ0) is 22.8. The third-order valence-corrected chi connectivity index (χ3v) is 6.76. The molecule has 1 N–H and O–H groups in total. The second kappa shape index (κ2) is 9.98. The molecule has 2 heterocycles. The van der Waals surface area contributed by atoms with E-state index in [0.717, 1.165) is 24.9 Å². The van der Waals surface area contributed by atoms with Gasteiger partial charge in [0, 0.05) is 29.6 Å². The van der Waals surface area contributed by atoms with Crippen molar-refractivity contribution in [3.63, 3.8) is 0 Å². The third kappa shape index (κ3) is 4.75. The van der Waals surface area contributed by atoms with Crippen LogP contribution in [-0.4, -0.2) is 42.9 Å². The first-order valence-electron chi connectivity index (χ1n) is 10.5. The highest BCUT2D eigenvalue weighted by Gasteiger charge is 2.41. The van der Waals surface area contributed by atoms with Crippen molar-refractivity contribution in [2.75, 3.05) is 25.3 Å². The molecule has 0 spiro atoms. The van der Waals surface area contributed by atoms with Gasteiger partial charge in [0.2, 0.25) is 0 Å². The number of ether oxygens (including phenoxy) is 1. The molecule has 3 atom stereocenters. The highest BCUT2D eigenvalue weighted by molar-refractivity contribution is 6.41. The van der Waals surface area contributed by atoms with Gasteiger partial charge in [0.1, 0.15) is 5.71 Å². The van der Waals surface area contributed by atoms with Crippen molar-refractivity contribution in [1.82, 2.24) is 10.4 Å². The second-order valence-corrected chi connectivity index (χ2v) is 9.38. The van der Waals surface area contributed by atoms with E-state index < -0.39 is 0 Å². The summed E-state index contributed by atoms with van der Waals surface area (Å²) in [5.74, 6) is -0.404. The number of hydrogen-bond acceptors (Lipinski definition) is 5. The van der Waals surface area contributed by atoms with Crippen molar-refractivity contribution >= 4 is 52.1 Å². The lowest BCUT2D eigenvalue weighted by Crippen LogP contribution is -2.49. The number of rotatable bonds is 6. The van der Waals surface area contributed by atoms with Gasteiger partial charge in [-0.1, -0.05) is 53.9 Å². The van der Waals surface area contributed by atoms with Gasteiger partial charge < -0.3 is 4.74 Å². The molecular weight excluding hydrogens is 471 g/mol. The number of halogens is 3. The van der Waals surface area contributed by atoms with Gasteiger partial charge in [-0.05, 0) is 48.7 Å². The minimum Gasteiger partial charge on any atom is -0.383 e. The van der Waals surface area contributed by atoms with Crippen molar-refractivity contribution in [3.05, 3.63) is 63.1 Å². The van der Waals surface area contributed by atoms with Crippen LogP contribution in [0.4, 0.5) is 5.69 Å². The number of hydrogen-bond donors (Lipinski definition) is 1. The zero-order valence-electron chi connectivity index (χ0n) is 17.9. The Hall–Kier alpha value is -1.83. The van der Waals surface area contributed by atoms with Crippen LogP contribution in [0.5, 0.6) is 0 Å². The van der Waals surface area contributed by atoms with E-state index in [4.69, 9.17) is 44.6 Å². The molecule has 0 saturated carbocycles. The lowest BCUT2D eigenvalue weighted by molar-refractivity contribution is -0.120. The largest absolute Gasteiger partial charge is 0.383 e. The van der Waals surface area contributed by atoms with Crippen LogP contribution in [0.15, 0.2) is 47.6 Å². The quantitative estimate of drug-likeness (QED) is 0.587. The second-order valence-electron chi connectivity index (χ2n) is 8.10. The van der Waals surface area contributed by atoms with E-state index in [1.165, 1.54) is 0 Å². The molecule has 2 aliphatic heterocycles. The molecule has 1 amide bonds. The van der Waals surface area contributed by atoms with E-state index >= 15 is 0 Å². The molecule has 0 radical (unpaired) electrons. The van der Waals surface area contributed by atoms with E-state index in [0.29, 0.717) is 33.1 Å². The number of methoxy groups -OCH3 is 1. The van der Waals surface area contributed by atoms with Crippen molar-refractivity contribution in [2.24, 2.45) is 11.0 Å². The molecular formula is C23H25Cl3N4O2. The Balaban J connectivity index is 1.66. The van der Waals surface area contributed by atoms with Gasteiger partial charge in [-0.2, -0.15) is 5.10 Å². The number of hydrazine groups is 1. The number of nitrogens with zero attached hydrogens (tertiary/aromatic N) is 3. The predicted molar refractivity (Wildman–Crippen MR) is 129 cm³/mol. The zero-order valence-corrected chi connectivity index (χ0v) is 20.2. The van der Waals surface area contributed by atoms with Crippen LogP contribution >= 0.6 is 34.8 Å². The van der Waals surface area contributed by atoms with E-state index in [1.807, 2.05) is 42.3 Å². The number of carbonyl (C=O) groups excluding carboxylic acids is 1. The molecule has 2 aliphatic rings. The molecule has 1 unspecified atom stereocenters. The Labute approximate surface area is 203 Å². The SMILES string of the molecule is COCC1CCCN1NC(=O)C1=NN(c2ccc(Cl)cc2Cl)[C@H](c2ccc(Cl)cc2)[C@@H]1C. The fraction of sp³-hybridized carbons (Fsp3) is 0.391. The van der Waals surface area contributed by atoms with Crippen molar-refractivity contribution in [3.8, 4) is 0 Å². The average molecular weight is 496 g/mol. The van der Waals surface area contributed by atoms with Gasteiger partial charge in [0.15, 0.2) is 0 Å². The Kier molecular flexibility index (Phi) is 7.27. The maximum atomic E-state index is 13.3. The Morgan fingerprint density at radius 2 is 1.88 bits per heavy atom. The minimum absolute atomic E-state index is 0.162. The Morgan fingerprint density at radius 3 is 2.56 bits per heavy atom. The van der Waals surface area contributed by atoms with E-state index in [9.17, 15) is 4.79 Å². The molecule has 0 bridgehead atoms. The van der Waals surface area contributed by atoms with Gasteiger partial charge in [0.05, 0.1) is 29.4 Å². The normalized spacial score (nSPS) is 23.5. The van der Waals surface area contributed by atoms with Crippen molar-refractivity contribution in [2.45, 2.75) is 31.8 Å². The molecule has 2 aromatic rings. The summed E-state index contributed by atoms with van der Waals surface area (Å²) in [6, 6.07) is 12.8. The van der Waals surface area contributed by atoms with Gasteiger partial charge in [-0.15, -0.1) is 0 Å². The Bertz CT molecular complexity index is 1010.